The van der Waals surface area contributed by atoms with Crippen LogP contribution in [0.5, 0.6) is 5.75 Å². The van der Waals surface area contributed by atoms with Crippen molar-refractivity contribution in [2.75, 3.05) is 26.8 Å². The molecule has 1 aliphatic rings. The summed E-state index contributed by atoms with van der Waals surface area (Å²) in [4.78, 5) is 2.30. The standard InChI is InChI=1S/C16H22N2O2/c1-20-16-7-6-13(4-2-8-17)10-14(16)11-18-9-3-5-15(18)12-19/h6-7,10,15,19H,3,5,8-9,11-12,17H2,1H3. The maximum absolute atomic E-state index is 9.40. The number of methoxy groups -OCH3 is 1. The average molecular weight is 274 g/mol. The molecule has 3 N–H and O–H groups in total. The van der Waals surface area contributed by atoms with Crippen molar-refractivity contribution in [3.63, 3.8) is 0 Å². The number of benzene rings is 1. The minimum atomic E-state index is 0.217. The van der Waals surface area contributed by atoms with Crippen LogP contribution < -0.4 is 10.5 Å². The van der Waals surface area contributed by atoms with Crippen LogP contribution in [-0.2, 0) is 6.54 Å². The predicted molar refractivity (Wildman–Crippen MR) is 79.4 cm³/mol. The molecule has 108 valence electrons. The summed E-state index contributed by atoms with van der Waals surface area (Å²) in [6.07, 6.45) is 2.20. The van der Waals surface area contributed by atoms with Crippen LogP contribution in [0.25, 0.3) is 0 Å². The molecular formula is C16H22N2O2. The van der Waals surface area contributed by atoms with Crippen molar-refractivity contribution in [1.82, 2.24) is 4.90 Å². The molecule has 1 unspecified atom stereocenters. The van der Waals surface area contributed by atoms with Crippen LogP contribution in [0.1, 0.15) is 24.0 Å². The van der Waals surface area contributed by atoms with Crippen LogP contribution >= 0.6 is 0 Å². The molecule has 1 fully saturated rings. The van der Waals surface area contributed by atoms with Crippen LogP contribution in [-0.4, -0.2) is 42.9 Å². The fraction of sp³-hybridized carbons (Fsp3) is 0.500. The second-order valence-electron chi connectivity index (χ2n) is 4.98. The Balaban J connectivity index is 2.19. The Morgan fingerprint density at radius 2 is 2.35 bits per heavy atom. The Morgan fingerprint density at radius 3 is 3.05 bits per heavy atom. The molecule has 0 aromatic heterocycles. The van der Waals surface area contributed by atoms with Gasteiger partial charge in [-0.2, -0.15) is 0 Å². The largest absolute Gasteiger partial charge is 0.496 e. The molecule has 20 heavy (non-hydrogen) atoms. The van der Waals surface area contributed by atoms with Crippen molar-refractivity contribution in [2.24, 2.45) is 5.73 Å². The van der Waals surface area contributed by atoms with Crippen molar-refractivity contribution < 1.29 is 9.84 Å². The molecular weight excluding hydrogens is 252 g/mol. The van der Waals surface area contributed by atoms with E-state index in [0.717, 1.165) is 42.8 Å². The number of nitrogens with zero attached hydrogens (tertiary/aromatic N) is 1. The highest BCUT2D eigenvalue weighted by molar-refractivity contribution is 5.44. The van der Waals surface area contributed by atoms with Gasteiger partial charge >= 0.3 is 0 Å². The lowest BCUT2D eigenvalue weighted by Crippen LogP contribution is -2.31. The van der Waals surface area contributed by atoms with Crippen molar-refractivity contribution >= 4 is 0 Å². The quantitative estimate of drug-likeness (QED) is 0.803. The lowest BCUT2D eigenvalue weighted by molar-refractivity contribution is 0.152. The highest BCUT2D eigenvalue weighted by Gasteiger charge is 2.24. The first-order valence-electron chi connectivity index (χ1n) is 6.99. The summed E-state index contributed by atoms with van der Waals surface area (Å²) in [5.74, 6) is 6.78. The minimum Gasteiger partial charge on any atom is -0.496 e. The van der Waals surface area contributed by atoms with E-state index in [1.165, 1.54) is 0 Å². The van der Waals surface area contributed by atoms with Gasteiger partial charge in [0.1, 0.15) is 5.75 Å². The maximum Gasteiger partial charge on any atom is 0.123 e. The van der Waals surface area contributed by atoms with Crippen LogP contribution in [0.2, 0.25) is 0 Å². The van der Waals surface area contributed by atoms with Gasteiger partial charge in [0.2, 0.25) is 0 Å². The number of likely N-dealkylation sites (tertiary alicyclic amines) is 1. The first kappa shape index (κ1) is 14.9. The van der Waals surface area contributed by atoms with Gasteiger partial charge < -0.3 is 15.6 Å². The Labute approximate surface area is 120 Å². The van der Waals surface area contributed by atoms with Gasteiger partial charge in [0.05, 0.1) is 20.3 Å². The maximum atomic E-state index is 9.40. The SMILES string of the molecule is COc1ccc(C#CCN)cc1CN1CCCC1CO. The molecule has 0 radical (unpaired) electrons. The molecule has 1 atom stereocenters. The molecule has 1 aromatic carbocycles. The van der Waals surface area contributed by atoms with Crippen molar-refractivity contribution in [1.29, 1.82) is 0 Å². The zero-order valence-electron chi connectivity index (χ0n) is 11.9. The Kier molecular flexibility index (Phi) is 5.42. The van der Waals surface area contributed by atoms with Crippen LogP contribution in [0, 0.1) is 11.8 Å². The van der Waals surface area contributed by atoms with Gasteiger partial charge in [0.25, 0.3) is 0 Å². The van der Waals surface area contributed by atoms with E-state index in [1.807, 2.05) is 18.2 Å². The Hall–Kier alpha value is -1.54. The molecule has 1 heterocycles. The number of hydrogen-bond donors (Lipinski definition) is 2. The van der Waals surface area contributed by atoms with Gasteiger partial charge in [-0.25, -0.2) is 0 Å². The normalized spacial score (nSPS) is 18.6. The topological polar surface area (TPSA) is 58.7 Å². The van der Waals surface area contributed by atoms with Crippen molar-refractivity contribution in [3.05, 3.63) is 29.3 Å². The highest BCUT2D eigenvalue weighted by Crippen LogP contribution is 2.25. The molecule has 0 saturated carbocycles. The predicted octanol–water partition coefficient (Wildman–Crippen LogP) is 0.962. The third kappa shape index (κ3) is 3.51. The summed E-state index contributed by atoms with van der Waals surface area (Å²) >= 11 is 0. The molecule has 4 nitrogen and oxygen atoms in total. The molecule has 1 aromatic rings. The second-order valence-corrected chi connectivity index (χ2v) is 4.98. The van der Waals surface area contributed by atoms with Crippen LogP contribution in [0.15, 0.2) is 18.2 Å². The summed E-state index contributed by atoms with van der Waals surface area (Å²) in [5.41, 5.74) is 7.46. The second kappa shape index (κ2) is 7.30. The van der Waals surface area contributed by atoms with Crippen molar-refractivity contribution in [2.45, 2.75) is 25.4 Å². The summed E-state index contributed by atoms with van der Waals surface area (Å²) in [5, 5.41) is 9.40. The molecule has 0 bridgehead atoms. The lowest BCUT2D eigenvalue weighted by atomic mass is 10.1. The van der Waals surface area contributed by atoms with E-state index in [9.17, 15) is 5.11 Å². The molecule has 0 amide bonds. The van der Waals surface area contributed by atoms with Crippen LogP contribution in [0.4, 0.5) is 0 Å². The van der Waals surface area contributed by atoms with Crippen molar-refractivity contribution in [3.8, 4) is 17.6 Å². The Bertz CT molecular complexity index is 505. The number of nitrogens with two attached hydrogens (primary N) is 1. The third-order valence-electron chi connectivity index (χ3n) is 3.70. The summed E-state index contributed by atoms with van der Waals surface area (Å²) in [6, 6.07) is 6.20. The van der Waals surface area contributed by atoms with E-state index in [-0.39, 0.29) is 12.6 Å². The molecule has 0 spiro atoms. The van der Waals surface area contributed by atoms with Gasteiger partial charge in [-0.1, -0.05) is 11.8 Å². The highest BCUT2D eigenvalue weighted by atomic mass is 16.5. The fourth-order valence-electron chi connectivity index (χ4n) is 2.66. The van der Waals surface area contributed by atoms with E-state index < -0.39 is 0 Å². The number of aliphatic hydroxyl groups is 1. The number of ether oxygens (including phenoxy) is 1. The van der Waals surface area contributed by atoms with Gasteiger partial charge in [-0.05, 0) is 37.6 Å². The summed E-state index contributed by atoms with van der Waals surface area (Å²) in [6.45, 7) is 2.38. The number of hydrogen-bond acceptors (Lipinski definition) is 4. The van der Waals surface area contributed by atoms with E-state index in [4.69, 9.17) is 10.5 Å². The van der Waals surface area contributed by atoms with Gasteiger partial charge in [-0.3, -0.25) is 4.90 Å². The first-order chi connectivity index (χ1) is 9.78. The van der Waals surface area contributed by atoms with E-state index in [2.05, 4.69) is 16.7 Å². The average Bonchev–Trinajstić information content (AvgIpc) is 2.92. The molecule has 2 rings (SSSR count). The Morgan fingerprint density at radius 1 is 1.50 bits per heavy atom. The molecule has 1 aliphatic heterocycles. The van der Waals surface area contributed by atoms with Gasteiger partial charge in [0.15, 0.2) is 0 Å². The first-order valence-corrected chi connectivity index (χ1v) is 6.99. The third-order valence-corrected chi connectivity index (χ3v) is 3.70. The number of rotatable bonds is 4. The summed E-state index contributed by atoms with van der Waals surface area (Å²) < 4.78 is 5.42. The van der Waals surface area contributed by atoms with Gasteiger partial charge in [0, 0.05) is 23.7 Å². The zero-order valence-corrected chi connectivity index (χ0v) is 11.9. The molecule has 1 saturated heterocycles. The van der Waals surface area contributed by atoms with E-state index in [1.54, 1.807) is 7.11 Å². The smallest absolute Gasteiger partial charge is 0.123 e. The van der Waals surface area contributed by atoms with Crippen LogP contribution in [0.3, 0.4) is 0 Å². The zero-order chi connectivity index (χ0) is 14.4. The summed E-state index contributed by atoms with van der Waals surface area (Å²) in [7, 11) is 1.68. The molecule has 4 heteroatoms. The molecule has 0 aliphatic carbocycles. The lowest BCUT2D eigenvalue weighted by Gasteiger charge is -2.23. The monoisotopic (exact) mass is 274 g/mol. The minimum absolute atomic E-state index is 0.217. The van der Waals surface area contributed by atoms with E-state index >= 15 is 0 Å². The van der Waals surface area contributed by atoms with Gasteiger partial charge in [-0.15, -0.1) is 0 Å². The fourth-order valence-corrected chi connectivity index (χ4v) is 2.66. The van der Waals surface area contributed by atoms with E-state index in [0.29, 0.717) is 6.54 Å². The number of aliphatic hydroxyl groups excluding tert-OH is 1.